The minimum absolute atomic E-state index is 0.316. The van der Waals surface area contributed by atoms with Crippen LogP contribution < -0.4 is 5.32 Å². The Hall–Kier alpha value is -1.83. The molecule has 0 heterocycles. The first-order valence-electron chi connectivity index (χ1n) is 5.82. The monoisotopic (exact) mass is 348 g/mol. The number of rotatable bonds is 3. The molecule has 1 amide bonds. The number of nitrogens with zero attached hydrogens (tertiary/aromatic N) is 1. The summed E-state index contributed by atoms with van der Waals surface area (Å²) < 4.78 is 0.681. The fraction of sp³-hybridized carbons (Fsp3) is 0.0667. The summed E-state index contributed by atoms with van der Waals surface area (Å²) in [5.41, 5.74) is 1.13. The molecular weight excluding hydrogens is 340 g/mol. The lowest BCUT2D eigenvalue weighted by Gasteiger charge is -2.13. The Morgan fingerprint density at radius 3 is 2.65 bits per heavy atom. The van der Waals surface area contributed by atoms with Crippen molar-refractivity contribution in [3.8, 4) is 6.07 Å². The lowest BCUT2D eigenvalue weighted by atomic mass is 10.1. The van der Waals surface area contributed by atoms with Crippen LogP contribution in [0.25, 0.3) is 0 Å². The van der Waals surface area contributed by atoms with Crippen molar-refractivity contribution < 1.29 is 4.79 Å². The van der Waals surface area contributed by atoms with E-state index in [1.165, 1.54) is 0 Å². The van der Waals surface area contributed by atoms with Gasteiger partial charge in [0.1, 0.15) is 6.04 Å². The molecule has 20 heavy (non-hydrogen) atoms. The molecule has 0 radical (unpaired) electrons. The van der Waals surface area contributed by atoms with E-state index in [0.29, 0.717) is 20.6 Å². The van der Waals surface area contributed by atoms with Gasteiger partial charge in [0.25, 0.3) is 5.91 Å². The number of nitriles is 1. The van der Waals surface area contributed by atoms with Crippen LogP contribution in [0.4, 0.5) is 0 Å². The Balaban J connectivity index is 2.22. The Morgan fingerprint density at radius 1 is 1.25 bits per heavy atom. The molecule has 3 nitrogen and oxygen atoms in total. The molecule has 2 rings (SSSR count). The summed E-state index contributed by atoms with van der Waals surface area (Å²) in [7, 11) is 0. The van der Waals surface area contributed by atoms with E-state index in [4.69, 9.17) is 11.6 Å². The predicted octanol–water partition coefficient (Wildman–Crippen LogP) is 4.10. The second-order valence-corrected chi connectivity index (χ2v) is 5.36. The number of benzene rings is 2. The van der Waals surface area contributed by atoms with Crippen LogP contribution >= 0.6 is 27.5 Å². The van der Waals surface area contributed by atoms with Crippen LogP contribution in [0.3, 0.4) is 0 Å². The summed E-state index contributed by atoms with van der Waals surface area (Å²) in [6.07, 6.45) is 0. The minimum Gasteiger partial charge on any atom is -0.332 e. The highest BCUT2D eigenvalue weighted by Crippen LogP contribution is 2.20. The molecule has 2 aromatic rings. The van der Waals surface area contributed by atoms with Gasteiger partial charge in [-0.05, 0) is 45.8 Å². The van der Waals surface area contributed by atoms with Gasteiger partial charge in [0.05, 0.1) is 11.6 Å². The summed E-state index contributed by atoms with van der Waals surface area (Å²) in [5, 5.41) is 12.4. The molecule has 2 aromatic carbocycles. The van der Waals surface area contributed by atoms with Crippen molar-refractivity contribution in [2.24, 2.45) is 0 Å². The van der Waals surface area contributed by atoms with Crippen molar-refractivity contribution in [3.63, 3.8) is 0 Å². The first-order valence-corrected chi connectivity index (χ1v) is 6.99. The van der Waals surface area contributed by atoms with E-state index in [2.05, 4.69) is 27.3 Å². The van der Waals surface area contributed by atoms with Crippen molar-refractivity contribution in [2.45, 2.75) is 6.04 Å². The highest BCUT2D eigenvalue weighted by atomic mass is 79.9. The summed E-state index contributed by atoms with van der Waals surface area (Å²) in [5.74, 6) is -0.316. The zero-order valence-electron chi connectivity index (χ0n) is 10.3. The second-order valence-electron chi connectivity index (χ2n) is 4.07. The number of carbonyl (C=O) groups is 1. The van der Waals surface area contributed by atoms with Crippen LogP contribution in [0.5, 0.6) is 0 Å². The molecule has 0 fully saturated rings. The molecule has 0 saturated heterocycles. The third-order valence-electron chi connectivity index (χ3n) is 2.71. The minimum atomic E-state index is -0.742. The smallest absolute Gasteiger partial charge is 0.253 e. The largest absolute Gasteiger partial charge is 0.332 e. The molecule has 0 saturated carbocycles. The van der Waals surface area contributed by atoms with Gasteiger partial charge in [0.15, 0.2) is 0 Å². The number of hydrogen-bond acceptors (Lipinski definition) is 2. The standard InChI is InChI=1S/C15H10BrClN2O/c16-13-7-2-1-6-12(13)15(20)19-14(9-18)10-4-3-5-11(17)8-10/h1-8,14H,(H,19,20). The Morgan fingerprint density at radius 2 is 2.00 bits per heavy atom. The molecule has 0 aliphatic heterocycles. The van der Waals surface area contributed by atoms with Crippen molar-refractivity contribution in [3.05, 3.63) is 69.2 Å². The van der Waals surface area contributed by atoms with Crippen LogP contribution in [0.15, 0.2) is 53.0 Å². The first kappa shape index (κ1) is 14.6. The molecule has 0 spiro atoms. The fourth-order valence-corrected chi connectivity index (χ4v) is 2.39. The third-order valence-corrected chi connectivity index (χ3v) is 3.63. The molecular formula is C15H10BrClN2O. The molecule has 0 aromatic heterocycles. The molecule has 0 aliphatic rings. The van der Waals surface area contributed by atoms with Crippen molar-refractivity contribution in [1.82, 2.24) is 5.32 Å². The van der Waals surface area contributed by atoms with Crippen molar-refractivity contribution in [1.29, 1.82) is 5.26 Å². The van der Waals surface area contributed by atoms with E-state index in [0.717, 1.165) is 0 Å². The van der Waals surface area contributed by atoms with Crippen LogP contribution in [-0.4, -0.2) is 5.91 Å². The van der Waals surface area contributed by atoms with E-state index in [1.54, 1.807) is 42.5 Å². The maximum atomic E-state index is 12.2. The zero-order chi connectivity index (χ0) is 14.5. The molecule has 1 unspecified atom stereocenters. The Kier molecular flexibility index (Phi) is 4.78. The summed E-state index contributed by atoms with van der Waals surface area (Å²) in [6, 6.07) is 15.2. The van der Waals surface area contributed by atoms with Gasteiger partial charge in [-0.3, -0.25) is 4.79 Å². The molecule has 0 aliphatic carbocycles. The maximum Gasteiger partial charge on any atom is 0.253 e. The van der Waals surface area contributed by atoms with Gasteiger partial charge in [0.2, 0.25) is 0 Å². The van der Waals surface area contributed by atoms with Gasteiger partial charge in [-0.15, -0.1) is 0 Å². The van der Waals surface area contributed by atoms with Crippen LogP contribution in [0.1, 0.15) is 22.0 Å². The van der Waals surface area contributed by atoms with E-state index in [1.807, 2.05) is 6.07 Å². The number of nitrogens with one attached hydrogen (secondary N) is 1. The topological polar surface area (TPSA) is 52.9 Å². The SMILES string of the molecule is N#CC(NC(=O)c1ccccc1Br)c1cccc(Cl)c1. The summed E-state index contributed by atoms with van der Waals surface area (Å²) in [4.78, 5) is 12.2. The number of halogens is 2. The highest BCUT2D eigenvalue weighted by Gasteiger charge is 2.16. The molecule has 100 valence electrons. The van der Waals surface area contributed by atoms with E-state index >= 15 is 0 Å². The molecule has 1 N–H and O–H groups in total. The Labute approximate surface area is 130 Å². The molecule has 5 heteroatoms. The van der Waals surface area contributed by atoms with E-state index in [-0.39, 0.29) is 5.91 Å². The summed E-state index contributed by atoms with van der Waals surface area (Å²) in [6.45, 7) is 0. The number of hydrogen-bond donors (Lipinski definition) is 1. The van der Waals surface area contributed by atoms with Gasteiger partial charge in [-0.25, -0.2) is 0 Å². The molecule has 1 atom stereocenters. The van der Waals surface area contributed by atoms with Crippen molar-refractivity contribution >= 4 is 33.4 Å². The normalized spacial score (nSPS) is 11.4. The first-order chi connectivity index (χ1) is 9.61. The van der Waals surface area contributed by atoms with Gasteiger partial charge in [0, 0.05) is 9.50 Å². The van der Waals surface area contributed by atoms with E-state index < -0.39 is 6.04 Å². The van der Waals surface area contributed by atoms with Gasteiger partial charge >= 0.3 is 0 Å². The summed E-state index contributed by atoms with van der Waals surface area (Å²) >= 11 is 9.21. The van der Waals surface area contributed by atoms with Gasteiger partial charge in [-0.1, -0.05) is 35.9 Å². The van der Waals surface area contributed by atoms with Gasteiger partial charge < -0.3 is 5.32 Å². The van der Waals surface area contributed by atoms with Crippen molar-refractivity contribution in [2.75, 3.05) is 0 Å². The highest BCUT2D eigenvalue weighted by molar-refractivity contribution is 9.10. The quantitative estimate of drug-likeness (QED) is 0.907. The average Bonchev–Trinajstić information content (AvgIpc) is 2.45. The Bertz CT molecular complexity index is 682. The number of amides is 1. The van der Waals surface area contributed by atoms with Crippen LogP contribution in [0.2, 0.25) is 5.02 Å². The zero-order valence-corrected chi connectivity index (χ0v) is 12.6. The molecule has 0 bridgehead atoms. The lowest BCUT2D eigenvalue weighted by molar-refractivity contribution is 0.0944. The van der Waals surface area contributed by atoms with Gasteiger partial charge in [-0.2, -0.15) is 5.26 Å². The second kappa shape index (κ2) is 6.56. The maximum absolute atomic E-state index is 12.2. The lowest BCUT2D eigenvalue weighted by Crippen LogP contribution is -2.27. The third kappa shape index (κ3) is 3.38. The van der Waals surface area contributed by atoms with E-state index in [9.17, 15) is 10.1 Å². The van der Waals surface area contributed by atoms with Crippen LogP contribution in [0, 0.1) is 11.3 Å². The number of carbonyl (C=O) groups excluding carboxylic acids is 1. The van der Waals surface area contributed by atoms with Crippen LogP contribution in [-0.2, 0) is 0 Å². The fourth-order valence-electron chi connectivity index (χ4n) is 1.73. The average molecular weight is 350 g/mol. The predicted molar refractivity (Wildman–Crippen MR) is 81.4 cm³/mol.